The van der Waals surface area contributed by atoms with Gasteiger partial charge in [0.15, 0.2) is 11.4 Å². The van der Waals surface area contributed by atoms with Crippen LogP contribution in [0.5, 0.6) is 11.5 Å². The van der Waals surface area contributed by atoms with Gasteiger partial charge in [-0.2, -0.15) is 0 Å². The number of aliphatic hydroxyl groups excluding tert-OH is 2. The number of carbonyl (C=O) groups is 3. The number of ketones is 2. The number of primary amides is 1. The van der Waals surface area contributed by atoms with E-state index < -0.39 is 57.0 Å². The summed E-state index contributed by atoms with van der Waals surface area (Å²) in [6.45, 7) is 7.74. The second-order valence-electron chi connectivity index (χ2n) is 14.5. The number of hydrogen-bond donors (Lipinski definition) is 5. The summed E-state index contributed by atoms with van der Waals surface area (Å²) in [5, 5.41) is 46.5. The van der Waals surface area contributed by atoms with Gasteiger partial charge in [0, 0.05) is 54.7 Å². The van der Waals surface area contributed by atoms with Crippen molar-refractivity contribution < 1.29 is 39.5 Å². The van der Waals surface area contributed by atoms with Gasteiger partial charge in [-0.05, 0) is 68.9 Å². The van der Waals surface area contributed by atoms with Gasteiger partial charge in [0.25, 0.3) is 5.91 Å². The van der Waals surface area contributed by atoms with Crippen molar-refractivity contribution >= 4 is 23.2 Å². The number of likely N-dealkylation sites (N-methyl/N-ethyl adjacent to an activating group) is 2. The van der Waals surface area contributed by atoms with Crippen LogP contribution in [0.15, 0.2) is 47.2 Å². The smallest absolute Gasteiger partial charge is 0.255 e. The van der Waals surface area contributed by atoms with Crippen LogP contribution in [0.25, 0.3) is 16.9 Å². The van der Waals surface area contributed by atoms with E-state index in [9.17, 15) is 34.8 Å². The summed E-state index contributed by atoms with van der Waals surface area (Å²) >= 11 is 0. The van der Waals surface area contributed by atoms with Gasteiger partial charge in [0.2, 0.25) is 5.78 Å². The highest BCUT2D eigenvalue weighted by Crippen LogP contribution is 2.63. The molecule has 256 valence electrons. The Hall–Kier alpha value is -4.23. The number of rotatable bonds is 6. The summed E-state index contributed by atoms with van der Waals surface area (Å²) in [7, 11) is 6.91. The minimum atomic E-state index is -2.76. The van der Waals surface area contributed by atoms with Crippen LogP contribution in [0.4, 0.5) is 0 Å². The zero-order chi connectivity index (χ0) is 35.1. The zero-order valence-electron chi connectivity index (χ0n) is 28.3. The number of ether oxygens (including phenoxy) is 1. The van der Waals surface area contributed by atoms with Crippen molar-refractivity contribution in [3.63, 3.8) is 0 Å². The normalized spacial score (nSPS) is 29.5. The minimum absolute atomic E-state index is 0.0435. The third-order valence-electron chi connectivity index (χ3n) is 11.1. The van der Waals surface area contributed by atoms with E-state index in [2.05, 4.69) is 16.8 Å². The number of phenolic OH excluding ortho intramolecular Hbond substituents is 1. The van der Waals surface area contributed by atoms with Crippen molar-refractivity contribution in [3.05, 3.63) is 63.9 Å². The first-order chi connectivity index (χ1) is 22.5. The molecule has 2 aromatic carbocycles. The zero-order valence-corrected chi connectivity index (χ0v) is 28.3. The van der Waals surface area contributed by atoms with E-state index in [1.54, 1.807) is 34.2 Å². The number of aliphatic hydroxyl groups is 3. The Kier molecular flexibility index (Phi) is 8.02. The van der Waals surface area contributed by atoms with Crippen LogP contribution in [-0.2, 0) is 27.3 Å². The monoisotopic (exact) mass is 660 g/mol. The van der Waals surface area contributed by atoms with Crippen LogP contribution in [0.3, 0.4) is 0 Å². The number of methoxy groups -OCH3 is 1. The number of nitrogens with two attached hydrogens (primary N) is 1. The van der Waals surface area contributed by atoms with E-state index in [4.69, 9.17) is 10.5 Å². The van der Waals surface area contributed by atoms with Gasteiger partial charge in [0.05, 0.1) is 18.7 Å². The molecule has 3 aliphatic carbocycles. The molecule has 4 aliphatic rings. The molecule has 1 saturated heterocycles. The number of hydrogen-bond acceptors (Lipinski definition) is 11. The molecule has 1 aliphatic heterocycles. The maximum Gasteiger partial charge on any atom is 0.255 e. The lowest BCUT2D eigenvalue weighted by Crippen LogP contribution is -2.72. The molecule has 0 bridgehead atoms. The molecule has 12 nitrogen and oxygen atoms in total. The molecule has 12 heteroatoms. The Morgan fingerprint density at radius 2 is 1.73 bits per heavy atom. The topological polar surface area (TPSA) is 177 Å². The summed E-state index contributed by atoms with van der Waals surface area (Å²) in [4.78, 5) is 46.8. The van der Waals surface area contributed by atoms with Crippen LogP contribution in [-0.4, -0.2) is 119 Å². The summed E-state index contributed by atoms with van der Waals surface area (Å²) < 4.78 is 5.72. The highest BCUT2D eigenvalue weighted by atomic mass is 16.5. The minimum Gasteiger partial charge on any atom is -0.508 e. The van der Waals surface area contributed by atoms with Crippen LogP contribution in [0, 0.1) is 10.8 Å². The number of amides is 1. The van der Waals surface area contributed by atoms with Crippen molar-refractivity contribution in [2.24, 2.45) is 16.6 Å². The highest BCUT2D eigenvalue weighted by molar-refractivity contribution is 6.25. The third-order valence-corrected chi connectivity index (χ3v) is 11.1. The lowest BCUT2D eigenvalue weighted by molar-refractivity contribution is -0.175. The van der Waals surface area contributed by atoms with Crippen LogP contribution < -0.4 is 10.5 Å². The number of Topliss-reactive ketones (excluding diaryl/α,β-unsaturated/α-hetero) is 2. The molecule has 0 unspecified atom stereocenters. The first kappa shape index (κ1) is 33.7. The average Bonchev–Trinajstić information content (AvgIpc) is 3.00. The Balaban J connectivity index is 1.52. The van der Waals surface area contributed by atoms with Crippen molar-refractivity contribution in [2.75, 3.05) is 54.4 Å². The van der Waals surface area contributed by atoms with Gasteiger partial charge >= 0.3 is 0 Å². The number of nitrogens with zero attached hydrogens (tertiary/aromatic N) is 3. The van der Waals surface area contributed by atoms with Crippen molar-refractivity contribution in [1.29, 1.82) is 0 Å². The van der Waals surface area contributed by atoms with Crippen molar-refractivity contribution in [3.8, 4) is 22.6 Å². The fourth-order valence-corrected chi connectivity index (χ4v) is 8.91. The molecule has 1 amide bonds. The summed E-state index contributed by atoms with van der Waals surface area (Å²) in [6, 6.07) is 7.88. The molecule has 0 aromatic heterocycles. The molecule has 0 radical (unpaired) electrons. The van der Waals surface area contributed by atoms with Crippen LogP contribution >= 0.6 is 0 Å². The summed E-state index contributed by atoms with van der Waals surface area (Å²) in [5.74, 6) is -4.30. The van der Waals surface area contributed by atoms with Gasteiger partial charge < -0.3 is 35.8 Å². The number of carbonyl (C=O) groups excluding carboxylic acids is 3. The van der Waals surface area contributed by atoms with E-state index >= 15 is 0 Å². The van der Waals surface area contributed by atoms with Gasteiger partial charge in [-0.1, -0.05) is 26.0 Å². The van der Waals surface area contributed by atoms with Gasteiger partial charge in [-0.15, -0.1) is 0 Å². The molecule has 1 saturated carbocycles. The van der Waals surface area contributed by atoms with Crippen molar-refractivity contribution in [2.45, 2.75) is 44.9 Å². The van der Waals surface area contributed by atoms with Gasteiger partial charge in [-0.25, -0.2) is 0 Å². The molecule has 48 heavy (non-hydrogen) atoms. The second-order valence-corrected chi connectivity index (χ2v) is 14.5. The van der Waals surface area contributed by atoms with Crippen LogP contribution in [0.2, 0.25) is 0 Å². The van der Waals surface area contributed by atoms with E-state index in [1.165, 1.54) is 17.9 Å². The van der Waals surface area contributed by atoms with E-state index in [-0.39, 0.29) is 29.7 Å². The van der Waals surface area contributed by atoms with Crippen LogP contribution in [0.1, 0.15) is 37.0 Å². The SMILES string of the molecule is COc1ccc(-c2ccc(O)c3c2C[C@@]2(C)C[C@@]4(C)[C@H](N(C)C)C(=O)C(C(N)=O)=C(O)[C@@]4(O)C(=O)C2=C3O)cc1CN1CCN(C)CC1. The highest BCUT2D eigenvalue weighted by Gasteiger charge is 2.72. The standard InChI is InChI=1S/C36H44N4O8/c1-34-16-22-21(19-7-10-24(48-6)20(15-19)17-40-13-11-39(5)12-14-40)8-9-23(41)25(22)28(42)27(34)32(45)36(47)31(44)26(33(37)46)29(43)30(38(3)4)35(36,2)18-34/h7-10,15,30,41-42,44,47H,11-14,16-18H2,1-6H3,(H2,37,46)/t30-,34+,35+,36-/m1/s1. The van der Waals surface area contributed by atoms with E-state index in [0.29, 0.717) is 12.1 Å². The molecular weight excluding hydrogens is 616 g/mol. The number of aromatic hydroxyl groups is 1. The second kappa shape index (κ2) is 11.4. The maximum atomic E-state index is 14.5. The van der Waals surface area contributed by atoms with Crippen molar-refractivity contribution in [1.82, 2.24) is 14.7 Å². The number of phenols is 1. The molecule has 6 rings (SSSR count). The number of fused-ring (bicyclic) bond motifs is 3. The lowest BCUT2D eigenvalue weighted by atomic mass is 9.46. The predicted molar refractivity (Wildman–Crippen MR) is 178 cm³/mol. The molecule has 6 N–H and O–H groups in total. The largest absolute Gasteiger partial charge is 0.508 e. The first-order valence-electron chi connectivity index (χ1n) is 16.1. The number of piperazine rings is 1. The summed E-state index contributed by atoms with van der Waals surface area (Å²) in [6.07, 6.45) is 0.113. The Labute approximate surface area is 279 Å². The molecule has 2 aromatic rings. The van der Waals surface area contributed by atoms with E-state index in [1.807, 2.05) is 18.2 Å². The fourth-order valence-electron chi connectivity index (χ4n) is 8.91. The molecule has 0 spiro atoms. The third kappa shape index (κ3) is 4.68. The quantitative estimate of drug-likeness (QED) is 0.287. The molecular formula is C36H44N4O8. The average molecular weight is 661 g/mol. The first-order valence-corrected chi connectivity index (χ1v) is 16.1. The predicted octanol–water partition coefficient (Wildman–Crippen LogP) is 2.17. The number of benzene rings is 2. The fraction of sp³-hybridized carbons (Fsp3) is 0.472. The molecule has 1 heterocycles. The van der Waals surface area contributed by atoms with Gasteiger partial charge in [0.1, 0.15) is 28.6 Å². The molecule has 2 fully saturated rings. The van der Waals surface area contributed by atoms with E-state index in [0.717, 1.165) is 48.6 Å². The lowest BCUT2D eigenvalue weighted by Gasteiger charge is -2.59. The Morgan fingerprint density at radius 3 is 2.33 bits per heavy atom. The Bertz CT molecular complexity index is 1810. The summed E-state index contributed by atoms with van der Waals surface area (Å²) in [5.41, 5.74) is 2.05. The van der Waals surface area contributed by atoms with Gasteiger partial charge in [-0.3, -0.25) is 24.2 Å². The Morgan fingerprint density at radius 1 is 1.06 bits per heavy atom. The molecule has 4 atom stereocenters. The maximum absolute atomic E-state index is 14.5.